The third-order valence-corrected chi connectivity index (χ3v) is 7.53. The van der Waals surface area contributed by atoms with E-state index in [1.807, 2.05) is 37.3 Å². The Kier molecular flexibility index (Phi) is 7.73. The molecule has 5 rings (SSSR count). The number of halogens is 2. The monoisotopic (exact) mass is 525 g/mol. The Hall–Kier alpha value is -3.34. The molecule has 3 aromatic rings. The number of aromatic nitrogens is 2. The van der Waals surface area contributed by atoms with Crippen molar-refractivity contribution in [3.63, 3.8) is 0 Å². The number of urea groups is 1. The van der Waals surface area contributed by atoms with Crippen molar-refractivity contribution in [1.29, 1.82) is 0 Å². The number of hydrogen-bond donors (Lipinski definition) is 3. The van der Waals surface area contributed by atoms with E-state index in [-0.39, 0.29) is 24.0 Å². The van der Waals surface area contributed by atoms with Gasteiger partial charge in [0.25, 0.3) is 0 Å². The molecule has 2 amide bonds. The van der Waals surface area contributed by atoms with Crippen molar-refractivity contribution in [2.75, 3.05) is 38.7 Å². The van der Waals surface area contributed by atoms with E-state index in [9.17, 15) is 18.7 Å². The first kappa shape index (κ1) is 26.3. The average molecular weight is 526 g/mol. The van der Waals surface area contributed by atoms with Crippen LogP contribution in [0.5, 0.6) is 0 Å². The van der Waals surface area contributed by atoms with Gasteiger partial charge in [-0.2, -0.15) is 5.10 Å². The van der Waals surface area contributed by atoms with Crippen LogP contribution in [0.15, 0.2) is 48.5 Å². The van der Waals surface area contributed by atoms with Crippen LogP contribution >= 0.6 is 0 Å². The van der Waals surface area contributed by atoms with E-state index in [0.717, 1.165) is 23.0 Å². The lowest BCUT2D eigenvalue weighted by Gasteiger charge is -2.30. The van der Waals surface area contributed by atoms with E-state index < -0.39 is 17.7 Å². The number of nitrogens with zero attached hydrogens (tertiary/aromatic N) is 3. The topological polar surface area (TPSA) is 91.7 Å². The first-order valence-corrected chi connectivity index (χ1v) is 12.9. The molecule has 2 atom stereocenters. The number of aliphatic hydroxyl groups excluding tert-OH is 1. The summed E-state index contributed by atoms with van der Waals surface area (Å²) < 4.78 is 35.0. The number of hydrogen-bond acceptors (Lipinski definition) is 5. The van der Waals surface area contributed by atoms with Crippen molar-refractivity contribution in [3.05, 3.63) is 77.0 Å². The Labute approximate surface area is 220 Å². The maximum absolute atomic E-state index is 14.0. The van der Waals surface area contributed by atoms with Crippen LogP contribution in [0, 0.1) is 18.6 Å². The summed E-state index contributed by atoms with van der Waals surface area (Å²) in [7, 11) is 1.62. The summed E-state index contributed by atoms with van der Waals surface area (Å²) in [5, 5.41) is 20.7. The van der Waals surface area contributed by atoms with Crippen LogP contribution < -0.4 is 10.6 Å². The van der Waals surface area contributed by atoms with E-state index in [0.29, 0.717) is 50.5 Å². The van der Waals surface area contributed by atoms with Crippen molar-refractivity contribution >= 4 is 11.8 Å². The van der Waals surface area contributed by atoms with Crippen LogP contribution in [0.2, 0.25) is 0 Å². The van der Waals surface area contributed by atoms with Crippen LogP contribution in [0.1, 0.15) is 41.5 Å². The fourth-order valence-electron chi connectivity index (χ4n) is 5.49. The SMILES string of the molecule is COCCN1CC(NC(=O)Nc2c(C)c(C3CC(O)C3)nn2-c2ccccc2)C(c2cc(F)cc(F)c2)C1. The van der Waals surface area contributed by atoms with Gasteiger partial charge in [0.15, 0.2) is 0 Å². The summed E-state index contributed by atoms with van der Waals surface area (Å²) >= 11 is 0. The highest BCUT2D eigenvalue weighted by molar-refractivity contribution is 5.90. The summed E-state index contributed by atoms with van der Waals surface area (Å²) in [5.41, 5.74) is 3.01. The van der Waals surface area contributed by atoms with Crippen LogP contribution in [0.25, 0.3) is 5.69 Å². The lowest BCUT2D eigenvalue weighted by molar-refractivity contribution is 0.0729. The Balaban J connectivity index is 1.39. The molecule has 0 spiro atoms. The number of nitrogens with one attached hydrogen (secondary N) is 2. The van der Waals surface area contributed by atoms with E-state index in [2.05, 4.69) is 15.5 Å². The number of aliphatic hydroxyl groups is 1. The zero-order chi connectivity index (χ0) is 26.8. The van der Waals surface area contributed by atoms with Gasteiger partial charge in [-0.15, -0.1) is 0 Å². The highest BCUT2D eigenvalue weighted by Crippen LogP contribution is 2.40. The second-order valence-electron chi connectivity index (χ2n) is 10.2. The molecule has 1 aliphatic carbocycles. The summed E-state index contributed by atoms with van der Waals surface area (Å²) in [6.07, 6.45) is 0.960. The minimum Gasteiger partial charge on any atom is -0.393 e. The average Bonchev–Trinajstić information content (AvgIpc) is 3.41. The molecule has 2 fully saturated rings. The minimum atomic E-state index is -0.644. The number of ether oxygens (including phenoxy) is 1. The zero-order valence-corrected chi connectivity index (χ0v) is 21.5. The van der Waals surface area contributed by atoms with Gasteiger partial charge >= 0.3 is 6.03 Å². The maximum atomic E-state index is 14.0. The van der Waals surface area contributed by atoms with Gasteiger partial charge in [0.2, 0.25) is 0 Å². The van der Waals surface area contributed by atoms with Crippen LogP contribution in [-0.2, 0) is 4.74 Å². The molecule has 1 aromatic heterocycles. The number of carbonyl (C=O) groups is 1. The fraction of sp³-hybridized carbons (Fsp3) is 0.429. The van der Waals surface area contributed by atoms with Crippen LogP contribution in [0.4, 0.5) is 19.4 Å². The van der Waals surface area contributed by atoms with Gasteiger partial charge < -0.3 is 15.2 Å². The molecule has 38 heavy (non-hydrogen) atoms. The number of methoxy groups -OCH3 is 1. The van der Waals surface area contributed by atoms with Crippen molar-refractivity contribution in [2.45, 2.75) is 43.7 Å². The number of rotatable bonds is 8. The highest BCUT2D eigenvalue weighted by Gasteiger charge is 2.36. The lowest BCUT2D eigenvalue weighted by atomic mass is 9.79. The number of anilines is 1. The third-order valence-electron chi connectivity index (χ3n) is 7.53. The summed E-state index contributed by atoms with van der Waals surface area (Å²) in [6, 6.07) is 12.2. The van der Waals surface area contributed by atoms with Gasteiger partial charge in [-0.25, -0.2) is 18.3 Å². The van der Waals surface area contributed by atoms with Gasteiger partial charge in [-0.1, -0.05) is 18.2 Å². The summed E-state index contributed by atoms with van der Waals surface area (Å²) in [4.78, 5) is 15.5. The molecule has 10 heteroatoms. The van der Waals surface area contributed by atoms with Gasteiger partial charge in [0.1, 0.15) is 17.5 Å². The largest absolute Gasteiger partial charge is 0.393 e. The Morgan fingerprint density at radius 3 is 2.50 bits per heavy atom. The highest BCUT2D eigenvalue weighted by atomic mass is 19.1. The Morgan fingerprint density at radius 1 is 1.13 bits per heavy atom. The lowest BCUT2D eigenvalue weighted by Crippen LogP contribution is -2.42. The normalized spacial score (nSPS) is 23.3. The molecular formula is C28H33F2N5O3. The van der Waals surface area contributed by atoms with E-state index >= 15 is 0 Å². The number of carbonyl (C=O) groups excluding carboxylic acids is 1. The van der Waals surface area contributed by atoms with Gasteiger partial charge in [0, 0.05) is 50.2 Å². The van der Waals surface area contributed by atoms with Crippen LogP contribution in [0.3, 0.4) is 0 Å². The molecule has 3 N–H and O–H groups in total. The molecule has 202 valence electrons. The second kappa shape index (κ2) is 11.2. The molecule has 1 aliphatic heterocycles. The van der Waals surface area contributed by atoms with Gasteiger partial charge in [-0.05, 0) is 49.6 Å². The molecule has 2 aliphatic rings. The molecule has 1 saturated carbocycles. The molecule has 2 aromatic carbocycles. The fourth-order valence-corrected chi connectivity index (χ4v) is 5.49. The third kappa shape index (κ3) is 5.57. The maximum Gasteiger partial charge on any atom is 0.320 e. The first-order valence-electron chi connectivity index (χ1n) is 12.9. The minimum absolute atomic E-state index is 0.134. The summed E-state index contributed by atoms with van der Waals surface area (Å²) in [5.74, 6) is -0.901. The Morgan fingerprint density at radius 2 is 1.84 bits per heavy atom. The molecule has 8 nitrogen and oxygen atoms in total. The zero-order valence-electron chi connectivity index (χ0n) is 21.5. The van der Waals surface area contributed by atoms with Crippen molar-refractivity contribution < 1.29 is 23.4 Å². The van der Waals surface area contributed by atoms with Crippen molar-refractivity contribution in [3.8, 4) is 5.69 Å². The van der Waals surface area contributed by atoms with E-state index in [1.165, 1.54) is 12.1 Å². The molecule has 0 bridgehead atoms. The molecule has 2 unspecified atom stereocenters. The van der Waals surface area contributed by atoms with Crippen LogP contribution in [-0.4, -0.2) is 71.3 Å². The first-order chi connectivity index (χ1) is 18.3. The summed E-state index contributed by atoms with van der Waals surface area (Å²) in [6.45, 7) is 4.12. The standard InChI is InChI=1S/C28H33F2N5O3/c1-17-26(19-12-23(36)13-19)33-35(22-6-4-3-5-7-22)27(17)32-28(37)31-25-16-34(8-9-38-2)15-24(25)18-10-20(29)14-21(30)11-18/h3-7,10-11,14,19,23-25,36H,8-9,12-13,15-16H2,1-2H3,(H2,31,32,37). The van der Waals surface area contributed by atoms with Crippen molar-refractivity contribution in [2.24, 2.45) is 0 Å². The number of amides is 2. The molecule has 0 radical (unpaired) electrons. The Bertz CT molecular complexity index is 1260. The molecule has 1 saturated heterocycles. The van der Waals surface area contributed by atoms with E-state index in [4.69, 9.17) is 9.84 Å². The van der Waals surface area contributed by atoms with Crippen molar-refractivity contribution in [1.82, 2.24) is 20.0 Å². The number of benzene rings is 2. The number of likely N-dealkylation sites (tertiary alicyclic amines) is 1. The van der Waals surface area contributed by atoms with Gasteiger partial charge in [0.05, 0.1) is 30.1 Å². The quantitative estimate of drug-likeness (QED) is 0.415. The predicted octanol–water partition coefficient (Wildman–Crippen LogP) is 3.93. The van der Waals surface area contributed by atoms with E-state index in [1.54, 1.807) is 11.8 Å². The number of para-hydroxylation sites is 1. The molecule has 2 heterocycles. The smallest absolute Gasteiger partial charge is 0.320 e. The predicted molar refractivity (Wildman–Crippen MR) is 140 cm³/mol. The molecular weight excluding hydrogens is 492 g/mol. The second-order valence-corrected chi connectivity index (χ2v) is 10.2. The van der Waals surface area contributed by atoms with Gasteiger partial charge in [-0.3, -0.25) is 10.2 Å².